The van der Waals surface area contributed by atoms with Crippen LogP contribution in [0.3, 0.4) is 0 Å². The molecule has 0 spiro atoms. The summed E-state index contributed by atoms with van der Waals surface area (Å²) in [6.07, 6.45) is -3.96. The van der Waals surface area contributed by atoms with Crippen LogP contribution < -0.4 is 15.0 Å². The molecule has 3 rings (SSSR count). The largest absolute Gasteiger partial charge is 0.483 e. The number of carbonyl (C=O) groups is 2. The molecule has 0 aromatic heterocycles. The Morgan fingerprint density at radius 3 is 2.60 bits per heavy atom. The van der Waals surface area contributed by atoms with Crippen LogP contribution in [-0.2, 0) is 15.7 Å². The summed E-state index contributed by atoms with van der Waals surface area (Å²) in [6.45, 7) is 1.39. The molecule has 1 N–H and O–H groups in total. The molecule has 1 amide bonds. The van der Waals surface area contributed by atoms with Crippen molar-refractivity contribution in [3.8, 4) is 5.75 Å². The Kier molecular flexibility index (Phi) is 6.99. The number of hydrogen-bond donors (Lipinski definition) is 1. The zero-order chi connectivity index (χ0) is 21.7. The molecule has 1 aliphatic heterocycles. The van der Waals surface area contributed by atoms with Crippen molar-refractivity contribution >= 4 is 39.5 Å². The molecule has 6 nitrogen and oxygen atoms in total. The highest BCUT2D eigenvalue weighted by molar-refractivity contribution is 9.10. The van der Waals surface area contributed by atoms with Gasteiger partial charge in [0.1, 0.15) is 5.75 Å². The molecule has 0 atom stereocenters. The van der Waals surface area contributed by atoms with Gasteiger partial charge in [-0.15, -0.1) is 0 Å². The molecule has 1 heterocycles. The number of anilines is 2. The van der Waals surface area contributed by atoms with Crippen LogP contribution >= 0.6 is 15.9 Å². The van der Waals surface area contributed by atoms with Crippen molar-refractivity contribution in [3.63, 3.8) is 0 Å². The van der Waals surface area contributed by atoms with Crippen molar-refractivity contribution in [3.05, 3.63) is 52.0 Å². The van der Waals surface area contributed by atoms with Crippen LogP contribution in [0.4, 0.5) is 24.5 Å². The summed E-state index contributed by atoms with van der Waals surface area (Å²) >= 11 is 3.23. The van der Waals surface area contributed by atoms with Gasteiger partial charge in [-0.3, -0.25) is 9.59 Å². The second-order valence-corrected chi connectivity index (χ2v) is 7.38. The first-order valence-corrected chi connectivity index (χ1v) is 9.78. The van der Waals surface area contributed by atoms with E-state index in [2.05, 4.69) is 21.2 Å². The first-order chi connectivity index (χ1) is 14.3. The molecule has 1 aliphatic rings. The van der Waals surface area contributed by atoms with Crippen LogP contribution in [0, 0.1) is 0 Å². The van der Waals surface area contributed by atoms with Crippen molar-refractivity contribution < 1.29 is 32.2 Å². The van der Waals surface area contributed by atoms with Crippen LogP contribution in [0.2, 0.25) is 0 Å². The Morgan fingerprint density at radius 2 is 1.93 bits per heavy atom. The minimum atomic E-state index is -4.55. The van der Waals surface area contributed by atoms with Crippen LogP contribution in [0.5, 0.6) is 5.75 Å². The minimum absolute atomic E-state index is 0.0340. The number of halogens is 4. The molecule has 0 unspecified atom stereocenters. The maximum Gasteiger partial charge on any atom is 0.416 e. The molecular weight excluding hydrogens is 469 g/mol. The van der Waals surface area contributed by atoms with E-state index in [-0.39, 0.29) is 17.0 Å². The molecule has 0 bridgehead atoms. The zero-order valence-corrected chi connectivity index (χ0v) is 17.3. The standard InChI is InChI=1S/C20H18BrF3N2O4/c21-15-2-4-18(13(9-15)11-27)30-12-19(28)25-16-10-14(20(22,23)24)1-3-17(16)26-5-7-29-8-6-26/h1-4,9-11H,5-8,12H2,(H,25,28). The molecule has 0 radical (unpaired) electrons. The first-order valence-electron chi connectivity index (χ1n) is 8.99. The molecule has 0 saturated carbocycles. The predicted octanol–water partition coefficient (Wildman–Crippen LogP) is 4.13. The lowest BCUT2D eigenvalue weighted by Crippen LogP contribution is -2.37. The van der Waals surface area contributed by atoms with Gasteiger partial charge in [0.15, 0.2) is 12.9 Å². The number of amides is 1. The van der Waals surface area contributed by atoms with Gasteiger partial charge in [0, 0.05) is 17.6 Å². The van der Waals surface area contributed by atoms with Crippen molar-refractivity contribution in [2.45, 2.75) is 6.18 Å². The molecule has 30 heavy (non-hydrogen) atoms. The van der Waals surface area contributed by atoms with Gasteiger partial charge in [-0.25, -0.2) is 0 Å². The lowest BCUT2D eigenvalue weighted by atomic mass is 10.1. The molecule has 1 fully saturated rings. The monoisotopic (exact) mass is 486 g/mol. The van der Waals surface area contributed by atoms with Crippen molar-refractivity contribution in [1.82, 2.24) is 0 Å². The fourth-order valence-corrected chi connectivity index (χ4v) is 3.34. The number of hydrogen-bond acceptors (Lipinski definition) is 5. The van der Waals surface area contributed by atoms with E-state index in [1.807, 2.05) is 4.90 Å². The molecule has 2 aromatic rings. The van der Waals surface area contributed by atoms with Crippen molar-refractivity contribution in [2.75, 3.05) is 43.1 Å². The summed E-state index contributed by atoms with van der Waals surface area (Å²) in [7, 11) is 0. The number of carbonyl (C=O) groups excluding carboxylic acids is 2. The maximum absolute atomic E-state index is 13.2. The number of rotatable bonds is 6. The number of nitrogens with one attached hydrogen (secondary N) is 1. The molecule has 1 saturated heterocycles. The summed E-state index contributed by atoms with van der Waals surface area (Å²) in [5.74, 6) is -0.454. The van der Waals surface area contributed by atoms with Gasteiger partial charge in [0.25, 0.3) is 5.91 Å². The average Bonchev–Trinajstić information content (AvgIpc) is 2.72. The Balaban J connectivity index is 1.77. The Labute approximate surface area is 179 Å². The lowest BCUT2D eigenvalue weighted by Gasteiger charge is -2.31. The van der Waals surface area contributed by atoms with E-state index in [1.54, 1.807) is 6.07 Å². The van der Waals surface area contributed by atoms with E-state index in [4.69, 9.17) is 9.47 Å². The normalized spacial score (nSPS) is 14.3. The van der Waals surface area contributed by atoms with Crippen molar-refractivity contribution in [2.24, 2.45) is 0 Å². The Bertz CT molecular complexity index is 931. The van der Waals surface area contributed by atoms with Crippen molar-refractivity contribution in [1.29, 1.82) is 0 Å². The van der Waals surface area contributed by atoms with Crippen LogP contribution in [0.15, 0.2) is 40.9 Å². The maximum atomic E-state index is 13.2. The fourth-order valence-electron chi connectivity index (χ4n) is 2.96. The lowest BCUT2D eigenvalue weighted by molar-refractivity contribution is -0.137. The SMILES string of the molecule is O=Cc1cc(Br)ccc1OCC(=O)Nc1cc(C(F)(F)F)ccc1N1CCOCC1. The van der Waals surface area contributed by atoms with Gasteiger partial charge >= 0.3 is 6.18 Å². The molecule has 10 heteroatoms. The van der Waals surface area contributed by atoms with E-state index < -0.39 is 24.3 Å². The molecule has 160 valence electrons. The first kappa shape index (κ1) is 22.1. The Morgan fingerprint density at radius 1 is 1.20 bits per heavy atom. The van der Waals surface area contributed by atoms with Gasteiger partial charge in [-0.1, -0.05) is 15.9 Å². The third-order valence-electron chi connectivity index (χ3n) is 4.41. The zero-order valence-electron chi connectivity index (χ0n) is 15.7. The van der Waals surface area contributed by atoms with Crippen LogP contribution in [0.1, 0.15) is 15.9 Å². The van der Waals surface area contributed by atoms with Crippen LogP contribution in [-0.4, -0.2) is 45.1 Å². The number of nitrogens with zero attached hydrogens (tertiary/aromatic N) is 1. The van der Waals surface area contributed by atoms with Gasteiger partial charge in [-0.05, 0) is 36.4 Å². The summed E-state index contributed by atoms with van der Waals surface area (Å²) in [5.41, 5.74) is -0.124. The minimum Gasteiger partial charge on any atom is -0.483 e. The second kappa shape index (κ2) is 9.48. The quantitative estimate of drug-likeness (QED) is 0.621. The third kappa shape index (κ3) is 5.51. The van der Waals surface area contributed by atoms with E-state index in [9.17, 15) is 22.8 Å². The van der Waals surface area contributed by atoms with E-state index in [1.165, 1.54) is 18.2 Å². The Hall–Kier alpha value is -2.59. The summed E-state index contributed by atoms with van der Waals surface area (Å²) in [5, 5.41) is 2.50. The second-order valence-electron chi connectivity index (χ2n) is 6.47. The smallest absolute Gasteiger partial charge is 0.416 e. The number of ether oxygens (including phenoxy) is 2. The van der Waals surface area contributed by atoms with E-state index in [0.717, 1.165) is 12.1 Å². The van der Waals surface area contributed by atoms with Crippen LogP contribution in [0.25, 0.3) is 0 Å². The fraction of sp³-hybridized carbons (Fsp3) is 0.300. The highest BCUT2D eigenvalue weighted by atomic mass is 79.9. The molecule has 2 aromatic carbocycles. The van der Waals surface area contributed by atoms with Gasteiger partial charge in [-0.2, -0.15) is 13.2 Å². The van der Waals surface area contributed by atoms with E-state index >= 15 is 0 Å². The molecule has 0 aliphatic carbocycles. The number of benzene rings is 2. The number of aldehydes is 1. The predicted molar refractivity (Wildman–Crippen MR) is 108 cm³/mol. The van der Waals surface area contributed by atoms with E-state index in [0.29, 0.717) is 42.7 Å². The van der Waals surface area contributed by atoms with Gasteiger partial charge < -0.3 is 19.7 Å². The number of morpholine rings is 1. The van der Waals surface area contributed by atoms with Gasteiger partial charge in [0.05, 0.1) is 35.7 Å². The summed E-state index contributed by atoms with van der Waals surface area (Å²) < 4.78 is 50.8. The summed E-state index contributed by atoms with van der Waals surface area (Å²) in [6, 6.07) is 7.91. The highest BCUT2D eigenvalue weighted by Crippen LogP contribution is 2.35. The average molecular weight is 487 g/mol. The number of alkyl halides is 3. The third-order valence-corrected chi connectivity index (χ3v) is 4.90. The highest BCUT2D eigenvalue weighted by Gasteiger charge is 2.32. The topological polar surface area (TPSA) is 67.9 Å². The molecular formula is C20H18BrF3N2O4. The summed E-state index contributed by atoms with van der Waals surface area (Å²) in [4.78, 5) is 25.4. The van der Waals surface area contributed by atoms with Gasteiger partial charge in [0.2, 0.25) is 0 Å².